The van der Waals surface area contributed by atoms with Gasteiger partial charge in [-0.1, -0.05) is 6.42 Å². The van der Waals surface area contributed by atoms with E-state index in [0.717, 1.165) is 12.0 Å². The minimum absolute atomic E-state index is 0.764. The molecule has 0 aromatic carbocycles. The maximum atomic E-state index is 3.43. The Bertz CT molecular complexity index is 243. The van der Waals surface area contributed by atoms with Crippen molar-refractivity contribution in [3.63, 3.8) is 0 Å². The zero-order chi connectivity index (χ0) is 9.10. The third-order valence-electron chi connectivity index (χ3n) is 3.11. The summed E-state index contributed by atoms with van der Waals surface area (Å²) in [6.45, 7) is 0. The Hall–Kier alpha value is -0.340. The maximum absolute atomic E-state index is 3.43. The molecule has 1 aromatic heterocycles. The van der Waals surface area contributed by atoms with Gasteiger partial charge in [-0.25, -0.2) is 0 Å². The molecule has 2 rings (SSSR count). The molecule has 1 fully saturated rings. The molecule has 72 valence electrons. The molecular weight excluding hydrogens is 178 g/mol. The van der Waals surface area contributed by atoms with Gasteiger partial charge in [0.2, 0.25) is 0 Å². The molecule has 13 heavy (non-hydrogen) atoms. The molecule has 0 spiro atoms. The van der Waals surface area contributed by atoms with Crippen LogP contribution in [0.4, 0.5) is 0 Å². The fraction of sp³-hybridized carbons (Fsp3) is 0.636. The fourth-order valence-corrected chi connectivity index (χ4v) is 3.05. The zero-order valence-corrected chi connectivity index (χ0v) is 8.94. The van der Waals surface area contributed by atoms with Crippen molar-refractivity contribution < 1.29 is 0 Å². The van der Waals surface area contributed by atoms with Crippen molar-refractivity contribution in [1.29, 1.82) is 0 Å². The van der Waals surface area contributed by atoms with E-state index in [1.807, 2.05) is 11.3 Å². The predicted molar refractivity (Wildman–Crippen MR) is 58.2 cm³/mol. The Morgan fingerprint density at radius 1 is 1.54 bits per heavy atom. The summed E-state index contributed by atoms with van der Waals surface area (Å²) in [4.78, 5) is 0. The van der Waals surface area contributed by atoms with Gasteiger partial charge in [0.1, 0.15) is 0 Å². The first-order valence-corrected chi connectivity index (χ1v) is 6.03. The van der Waals surface area contributed by atoms with Crippen LogP contribution in [0, 0.1) is 5.92 Å². The van der Waals surface area contributed by atoms with Crippen molar-refractivity contribution in [2.24, 2.45) is 5.92 Å². The van der Waals surface area contributed by atoms with E-state index in [1.54, 1.807) is 0 Å². The second-order valence-corrected chi connectivity index (χ2v) is 4.70. The van der Waals surface area contributed by atoms with E-state index in [1.165, 1.54) is 31.2 Å². The Balaban J connectivity index is 1.94. The Morgan fingerprint density at radius 2 is 2.46 bits per heavy atom. The molecule has 0 radical (unpaired) electrons. The van der Waals surface area contributed by atoms with E-state index < -0.39 is 0 Å². The van der Waals surface area contributed by atoms with Crippen LogP contribution in [-0.4, -0.2) is 13.1 Å². The normalized spacial score (nSPS) is 28.1. The molecule has 0 amide bonds. The van der Waals surface area contributed by atoms with Gasteiger partial charge in [0.05, 0.1) is 0 Å². The lowest BCUT2D eigenvalue weighted by Crippen LogP contribution is -2.29. The minimum atomic E-state index is 0.764. The average Bonchev–Trinajstić information content (AvgIpc) is 2.76. The monoisotopic (exact) mass is 195 g/mol. The maximum Gasteiger partial charge on any atom is 0.00955 e. The third-order valence-corrected chi connectivity index (χ3v) is 3.84. The van der Waals surface area contributed by atoms with Gasteiger partial charge in [-0.15, -0.1) is 0 Å². The molecule has 1 saturated carbocycles. The summed E-state index contributed by atoms with van der Waals surface area (Å²) < 4.78 is 0. The van der Waals surface area contributed by atoms with Crippen LogP contribution in [0.1, 0.15) is 24.8 Å². The molecule has 2 heteroatoms. The van der Waals surface area contributed by atoms with Crippen LogP contribution in [0.25, 0.3) is 0 Å². The largest absolute Gasteiger partial charge is 0.317 e. The second kappa shape index (κ2) is 4.25. The van der Waals surface area contributed by atoms with E-state index in [-0.39, 0.29) is 0 Å². The van der Waals surface area contributed by atoms with Gasteiger partial charge in [-0.3, -0.25) is 0 Å². The van der Waals surface area contributed by atoms with Crippen LogP contribution in [0.15, 0.2) is 16.8 Å². The van der Waals surface area contributed by atoms with E-state index >= 15 is 0 Å². The van der Waals surface area contributed by atoms with Crippen molar-refractivity contribution >= 4 is 11.3 Å². The van der Waals surface area contributed by atoms with Gasteiger partial charge >= 0.3 is 0 Å². The van der Waals surface area contributed by atoms with Gasteiger partial charge < -0.3 is 5.32 Å². The second-order valence-electron chi connectivity index (χ2n) is 3.92. The van der Waals surface area contributed by atoms with Gasteiger partial charge in [0, 0.05) is 6.04 Å². The van der Waals surface area contributed by atoms with Crippen molar-refractivity contribution in [3.8, 4) is 0 Å². The predicted octanol–water partition coefficient (Wildman–Crippen LogP) is 2.68. The van der Waals surface area contributed by atoms with Gasteiger partial charge in [-0.2, -0.15) is 11.3 Å². The number of thiophene rings is 1. The Morgan fingerprint density at radius 3 is 3.15 bits per heavy atom. The van der Waals surface area contributed by atoms with Crippen LogP contribution >= 0.6 is 11.3 Å². The quantitative estimate of drug-likeness (QED) is 0.782. The van der Waals surface area contributed by atoms with Crippen molar-refractivity contribution in [2.45, 2.75) is 31.7 Å². The summed E-state index contributed by atoms with van der Waals surface area (Å²) in [5.74, 6) is 0.875. The summed E-state index contributed by atoms with van der Waals surface area (Å²) in [5, 5.41) is 7.89. The molecule has 1 nitrogen and oxygen atoms in total. The first-order chi connectivity index (χ1) is 6.40. The van der Waals surface area contributed by atoms with Crippen LogP contribution in [0.2, 0.25) is 0 Å². The van der Waals surface area contributed by atoms with E-state index in [4.69, 9.17) is 0 Å². The van der Waals surface area contributed by atoms with Crippen LogP contribution in [0.3, 0.4) is 0 Å². The standard InChI is InChI=1S/C11H17NS/c1-12-11-4-2-3-10(11)7-9-5-6-13-8-9/h5-6,8,10-12H,2-4,7H2,1H3. The lowest BCUT2D eigenvalue weighted by Gasteiger charge is -2.17. The average molecular weight is 195 g/mol. The summed E-state index contributed by atoms with van der Waals surface area (Å²) in [6.07, 6.45) is 5.45. The molecule has 1 aliphatic carbocycles. The molecule has 0 aliphatic heterocycles. The highest BCUT2D eigenvalue weighted by atomic mass is 32.1. The molecule has 1 heterocycles. The highest BCUT2D eigenvalue weighted by Crippen LogP contribution is 2.28. The highest BCUT2D eigenvalue weighted by molar-refractivity contribution is 7.07. The number of hydrogen-bond donors (Lipinski definition) is 1. The lowest BCUT2D eigenvalue weighted by molar-refractivity contribution is 0.424. The lowest BCUT2D eigenvalue weighted by atomic mass is 9.96. The molecule has 0 bridgehead atoms. The van der Waals surface area contributed by atoms with E-state index in [0.29, 0.717) is 0 Å². The van der Waals surface area contributed by atoms with Crippen molar-refractivity contribution in [3.05, 3.63) is 22.4 Å². The fourth-order valence-electron chi connectivity index (χ4n) is 2.37. The summed E-state index contributed by atoms with van der Waals surface area (Å²) in [5.41, 5.74) is 1.53. The zero-order valence-electron chi connectivity index (χ0n) is 8.12. The molecule has 0 saturated heterocycles. The molecule has 1 aliphatic rings. The Labute approximate surface area is 84.2 Å². The first kappa shape index (κ1) is 9.22. The molecule has 1 N–H and O–H groups in total. The smallest absolute Gasteiger partial charge is 0.00955 e. The molecule has 2 unspecified atom stereocenters. The third kappa shape index (κ3) is 2.12. The van der Waals surface area contributed by atoms with Gasteiger partial charge in [-0.05, 0) is 54.6 Å². The summed E-state index contributed by atoms with van der Waals surface area (Å²) in [7, 11) is 2.09. The highest BCUT2D eigenvalue weighted by Gasteiger charge is 2.25. The van der Waals surface area contributed by atoms with Crippen molar-refractivity contribution in [2.75, 3.05) is 7.05 Å². The Kier molecular flexibility index (Phi) is 3.01. The number of rotatable bonds is 3. The van der Waals surface area contributed by atoms with Gasteiger partial charge in [0.15, 0.2) is 0 Å². The van der Waals surface area contributed by atoms with Crippen molar-refractivity contribution in [1.82, 2.24) is 5.32 Å². The van der Waals surface area contributed by atoms with E-state index in [9.17, 15) is 0 Å². The first-order valence-electron chi connectivity index (χ1n) is 5.08. The van der Waals surface area contributed by atoms with Crippen LogP contribution in [0.5, 0.6) is 0 Å². The van der Waals surface area contributed by atoms with Crippen LogP contribution in [-0.2, 0) is 6.42 Å². The topological polar surface area (TPSA) is 12.0 Å². The SMILES string of the molecule is CNC1CCCC1Cc1ccsc1. The van der Waals surface area contributed by atoms with Crippen LogP contribution < -0.4 is 5.32 Å². The summed E-state index contributed by atoms with van der Waals surface area (Å²) >= 11 is 1.81. The number of nitrogens with one attached hydrogen (secondary N) is 1. The number of hydrogen-bond acceptors (Lipinski definition) is 2. The molecule has 1 aromatic rings. The molecular formula is C11H17NS. The molecule has 2 atom stereocenters. The minimum Gasteiger partial charge on any atom is -0.317 e. The van der Waals surface area contributed by atoms with Gasteiger partial charge in [0.25, 0.3) is 0 Å². The summed E-state index contributed by atoms with van der Waals surface area (Å²) in [6, 6.07) is 3.02. The van der Waals surface area contributed by atoms with E-state index in [2.05, 4.69) is 29.2 Å².